The van der Waals surface area contributed by atoms with Crippen LogP contribution in [0.15, 0.2) is 18.2 Å². The Morgan fingerprint density at radius 1 is 1.22 bits per heavy atom. The standard InChI is InChI=1S/C17H25N/c1-12-4-3-5-13(2)16(12)10-17(11-18)9-14-6-7-15(17)8-14/h3-5,14-15H,6-11,18H2,1-2H3. The van der Waals surface area contributed by atoms with Gasteiger partial charge in [0, 0.05) is 0 Å². The lowest BCUT2D eigenvalue weighted by Gasteiger charge is -2.37. The normalized spacial score (nSPS) is 34.2. The van der Waals surface area contributed by atoms with Crippen molar-refractivity contribution in [2.75, 3.05) is 6.54 Å². The van der Waals surface area contributed by atoms with Crippen LogP contribution >= 0.6 is 0 Å². The Morgan fingerprint density at radius 3 is 2.44 bits per heavy atom. The van der Waals surface area contributed by atoms with Crippen molar-refractivity contribution >= 4 is 0 Å². The van der Waals surface area contributed by atoms with Gasteiger partial charge in [0.2, 0.25) is 0 Å². The lowest BCUT2D eigenvalue weighted by molar-refractivity contribution is 0.171. The van der Waals surface area contributed by atoms with Gasteiger partial charge in [0.1, 0.15) is 0 Å². The molecule has 0 aromatic heterocycles. The van der Waals surface area contributed by atoms with E-state index in [9.17, 15) is 0 Å². The second-order valence-corrected chi connectivity index (χ2v) is 6.69. The van der Waals surface area contributed by atoms with Gasteiger partial charge in [-0.05, 0) is 80.0 Å². The van der Waals surface area contributed by atoms with Crippen LogP contribution in [0.25, 0.3) is 0 Å². The van der Waals surface area contributed by atoms with E-state index in [1.165, 1.54) is 43.2 Å². The Labute approximate surface area is 111 Å². The van der Waals surface area contributed by atoms with Gasteiger partial charge >= 0.3 is 0 Å². The van der Waals surface area contributed by atoms with Crippen molar-refractivity contribution in [2.24, 2.45) is 23.0 Å². The molecule has 2 aliphatic carbocycles. The molecule has 1 aromatic carbocycles. The van der Waals surface area contributed by atoms with Crippen molar-refractivity contribution in [3.63, 3.8) is 0 Å². The van der Waals surface area contributed by atoms with E-state index in [1.807, 2.05) is 0 Å². The third-order valence-corrected chi connectivity index (χ3v) is 5.68. The van der Waals surface area contributed by atoms with Crippen LogP contribution in [0, 0.1) is 31.1 Å². The summed E-state index contributed by atoms with van der Waals surface area (Å²) < 4.78 is 0. The summed E-state index contributed by atoms with van der Waals surface area (Å²) in [4.78, 5) is 0. The first-order chi connectivity index (χ1) is 8.64. The summed E-state index contributed by atoms with van der Waals surface area (Å²) >= 11 is 0. The molecule has 0 amide bonds. The third kappa shape index (κ3) is 1.80. The lowest BCUT2D eigenvalue weighted by Crippen LogP contribution is -2.38. The summed E-state index contributed by atoms with van der Waals surface area (Å²) in [5.41, 5.74) is 11.1. The van der Waals surface area contributed by atoms with Crippen LogP contribution in [0.3, 0.4) is 0 Å². The summed E-state index contributed by atoms with van der Waals surface area (Å²) in [5, 5.41) is 0. The molecule has 98 valence electrons. The second kappa shape index (κ2) is 4.38. The molecule has 2 bridgehead atoms. The van der Waals surface area contributed by atoms with Gasteiger partial charge in [0.15, 0.2) is 0 Å². The van der Waals surface area contributed by atoms with E-state index in [4.69, 9.17) is 5.73 Å². The molecule has 1 aromatic rings. The molecule has 0 radical (unpaired) electrons. The average Bonchev–Trinajstić information content (AvgIpc) is 2.95. The highest BCUT2D eigenvalue weighted by Crippen LogP contribution is 2.57. The number of hydrogen-bond acceptors (Lipinski definition) is 1. The number of fused-ring (bicyclic) bond motifs is 2. The summed E-state index contributed by atoms with van der Waals surface area (Å²) in [6, 6.07) is 6.67. The molecule has 3 unspecified atom stereocenters. The molecule has 0 aliphatic heterocycles. The van der Waals surface area contributed by atoms with E-state index >= 15 is 0 Å². The molecule has 1 heteroatoms. The average molecular weight is 243 g/mol. The van der Waals surface area contributed by atoms with Crippen molar-refractivity contribution < 1.29 is 0 Å². The largest absolute Gasteiger partial charge is 0.330 e. The number of rotatable bonds is 3. The fraction of sp³-hybridized carbons (Fsp3) is 0.647. The molecule has 2 aliphatic rings. The van der Waals surface area contributed by atoms with Gasteiger partial charge in [0.05, 0.1) is 0 Å². The lowest BCUT2D eigenvalue weighted by atomic mass is 9.68. The quantitative estimate of drug-likeness (QED) is 0.862. The third-order valence-electron chi connectivity index (χ3n) is 5.68. The maximum atomic E-state index is 6.20. The van der Waals surface area contributed by atoms with Gasteiger partial charge in [-0.3, -0.25) is 0 Å². The number of nitrogens with two attached hydrogens (primary N) is 1. The first kappa shape index (κ1) is 12.2. The molecule has 0 heterocycles. The Balaban J connectivity index is 1.91. The predicted molar refractivity (Wildman–Crippen MR) is 76.6 cm³/mol. The molecule has 3 atom stereocenters. The molecule has 2 fully saturated rings. The molecule has 2 saturated carbocycles. The van der Waals surface area contributed by atoms with Crippen molar-refractivity contribution in [1.82, 2.24) is 0 Å². The Hall–Kier alpha value is -0.820. The van der Waals surface area contributed by atoms with Gasteiger partial charge in [-0.1, -0.05) is 24.6 Å². The van der Waals surface area contributed by atoms with Gasteiger partial charge in [-0.2, -0.15) is 0 Å². The second-order valence-electron chi connectivity index (χ2n) is 6.69. The summed E-state index contributed by atoms with van der Waals surface area (Å²) in [6.07, 6.45) is 6.92. The minimum atomic E-state index is 0.416. The highest BCUT2D eigenvalue weighted by Gasteiger charge is 2.49. The van der Waals surface area contributed by atoms with E-state index in [2.05, 4.69) is 32.0 Å². The van der Waals surface area contributed by atoms with Crippen LogP contribution in [0.2, 0.25) is 0 Å². The predicted octanol–water partition coefficient (Wildman–Crippen LogP) is 3.61. The maximum absolute atomic E-state index is 6.20. The molecule has 2 N–H and O–H groups in total. The molecule has 1 nitrogen and oxygen atoms in total. The van der Waals surface area contributed by atoms with Crippen molar-refractivity contribution in [3.8, 4) is 0 Å². The minimum absolute atomic E-state index is 0.416. The van der Waals surface area contributed by atoms with Crippen molar-refractivity contribution in [3.05, 3.63) is 34.9 Å². The van der Waals surface area contributed by atoms with Crippen LogP contribution in [0.5, 0.6) is 0 Å². The summed E-state index contributed by atoms with van der Waals surface area (Å²) in [7, 11) is 0. The number of benzene rings is 1. The summed E-state index contributed by atoms with van der Waals surface area (Å²) in [6.45, 7) is 5.38. The summed E-state index contributed by atoms with van der Waals surface area (Å²) in [5.74, 6) is 1.87. The molecule has 18 heavy (non-hydrogen) atoms. The fourth-order valence-electron chi connectivity index (χ4n) is 4.58. The first-order valence-corrected chi connectivity index (χ1v) is 7.40. The zero-order chi connectivity index (χ0) is 12.8. The van der Waals surface area contributed by atoms with Crippen LogP contribution < -0.4 is 5.73 Å². The molecule has 3 rings (SSSR count). The highest BCUT2D eigenvalue weighted by molar-refractivity contribution is 5.35. The SMILES string of the molecule is Cc1cccc(C)c1CC1(CN)CC2CCC1C2. The van der Waals surface area contributed by atoms with Gasteiger partial charge in [0.25, 0.3) is 0 Å². The molecular formula is C17H25N. The number of hydrogen-bond donors (Lipinski definition) is 1. The monoisotopic (exact) mass is 243 g/mol. The number of aryl methyl sites for hydroxylation is 2. The maximum Gasteiger partial charge on any atom is -0.00146 e. The van der Waals surface area contributed by atoms with Gasteiger partial charge < -0.3 is 5.73 Å². The Morgan fingerprint density at radius 2 is 1.94 bits per heavy atom. The van der Waals surface area contributed by atoms with Crippen LogP contribution in [-0.2, 0) is 6.42 Å². The van der Waals surface area contributed by atoms with Crippen molar-refractivity contribution in [1.29, 1.82) is 0 Å². The van der Waals surface area contributed by atoms with Crippen LogP contribution in [-0.4, -0.2) is 6.54 Å². The van der Waals surface area contributed by atoms with Gasteiger partial charge in [-0.25, -0.2) is 0 Å². The highest BCUT2D eigenvalue weighted by atomic mass is 14.7. The van der Waals surface area contributed by atoms with E-state index < -0.39 is 0 Å². The zero-order valence-corrected chi connectivity index (χ0v) is 11.7. The Bertz CT molecular complexity index is 431. The zero-order valence-electron chi connectivity index (χ0n) is 11.7. The first-order valence-electron chi connectivity index (χ1n) is 7.40. The van der Waals surface area contributed by atoms with Crippen molar-refractivity contribution in [2.45, 2.75) is 46.0 Å². The fourth-order valence-corrected chi connectivity index (χ4v) is 4.58. The van der Waals surface area contributed by atoms with Crippen LogP contribution in [0.1, 0.15) is 42.4 Å². The van der Waals surface area contributed by atoms with Crippen LogP contribution in [0.4, 0.5) is 0 Å². The molecular weight excluding hydrogens is 218 g/mol. The van der Waals surface area contributed by atoms with E-state index in [0.717, 1.165) is 18.4 Å². The topological polar surface area (TPSA) is 26.0 Å². The smallest absolute Gasteiger partial charge is 0.00146 e. The van der Waals surface area contributed by atoms with E-state index in [-0.39, 0.29) is 0 Å². The minimum Gasteiger partial charge on any atom is -0.330 e. The molecule has 0 saturated heterocycles. The Kier molecular flexibility index (Phi) is 2.97. The van der Waals surface area contributed by atoms with Gasteiger partial charge in [-0.15, -0.1) is 0 Å². The molecule has 0 spiro atoms. The van der Waals surface area contributed by atoms with E-state index in [0.29, 0.717) is 5.41 Å². The van der Waals surface area contributed by atoms with E-state index in [1.54, 1.807) is 5.56 Å².